The Balaban J connectivity index is 1.70. The molecule has 0 atom stereocenters. The van der Waals surface area contributed by atoms with Gasteiger partial charge in [0.25, 0.3) is 11.8 Å². The summed E-state index contributed by atoms with van der Waals surface area (Å²) in [6, 6.07) is 22.1. The molecule has 1 aromatic heterocycles. The van der Waals surface area contributed by atoms with Crippen LogP contribution in [0, 0.1) is 0 Å². The highest BCUT2D eigenvalue weighted by atomic mass is 16.5. The largest absolute Gasteiger partial charge is 0.495 e. The molecule has 2 amide bonds. The molecule has 0 radical (unpaired) electrons. The first-order valence-electron chi connectivity index (χ1n) is 10.3. The van der Waals surface area contributed by atoms with Gasteiger partial charge < -0.3 is 25.5 Å². The van der Waals surface area contributed by atoms with Gasteiger partial charge in [0, 0.05) is 16.8 Å². The van der Waals surface area contributed by atoms with Gasteiger partial charge in [-0.1, -0.05) is 36.4 Å². The van der Waals surface area contributed by atoms with E-state index < -0.39 is 17.8 Å². The van der Waals surface area contributed by atoms with Crippen LogP contribution in [-0.2, 0) is 4.79 Å². The molecule has 0 aliphatic carbocycles. The van der Waals surface area contributed by atoms with Crippen molar-refractivity contribution in [3.8, 4) is 5.75 Å². The van der Waals surface area contributed by atoms with Crippen LogP contribution in [-0.4, -0.2) is 35.0 Å². The molecule has 0 unspecified atom stereocenters. The van der Waals surface area contributed by atoms with Crippen LogP contribution in [0.25, 0.3) is 17.0 Å². The summed E-state index contributed by atoms with van der Waals surface area (Å²) in [5.41, 5.74) is 1.95. The molecule has 0 saturated carbocycles. The number of carboxylic acids is 1. The lowest BCUT2D eigenvalue weighted by molar-refractivity contribution is -0.113. The van der Waals surface area contributed by atoms with Gasteiger partial charge in [-0.05, 0) is 53.9 Å². The smallest absolute Gasteiger partial charge is 0.335 e. The number of aromatic carboxylic acids is 1. The monoisotopic (exact) mass is 455 g/mol. The molecular weight excluding hydrogens is 434 g/mol. The predicted molar refractivity (Wildman–Crippen MR) is 129 cm³/mol. The van der Waals surface area contributed by atoms with E-state index in [1.54, 1.807) is 30.3 Å². The minimum absolute atomic E-state index is 0.0226. The number of amides is 2. The van der Waals surface area contributed by atoms with E-state index in [2.05, 4.69) is 15.6 Å². The molecule has 0 saturated heterocycles. The number of hydrogen-bond acceptors (Lipinski definition) is 4. The zero-order valence-corrected chi connectivity index (χ0v) is 18.2. The van der Waals surface area contributed by atoms with Gasteiger partial charge in [-0.3, -0.25) is 9.59 Å². The summed E-state index contributed by atoms with van der Waals surface area (Å²) in [6.45, 7) is 0. The first kappa shape index (κ1) is 22.3. The van der Waals surface area contributed by atoms with Crippen molar-refractivity contribution in [2.45, 2.75) is 0 Å². The number of carboxylic acid groups (broad SMARTS) is 1. The summed E-state index contributed by atoms with van der Waals surface area (Å²) in [7, 11) is 1.41. The lowest BCUT2D eigenvalue weighted by Gasteiger charge is -2.14. The number of aromatic amines is 1. The lowest BCUT2D eigenvalue weighted by atomic mass is 10.1. The minimum Gasteiger partial charge on any atom is -0.495 e. The van der Waals surface area contributed by atoms with Gasteiger partial charge in [-0.25, -0.2) is 4.79 Å². The number of fused-ring (bicyclic) bond motifs is 1. The molecule has 0 spiro atoms. The molecule has 8 nitrogen and oxygen atoms in total. The maximum atomic E-state index is 13.2. The molecule has 4 N–H and O–H groups in total. The summed E-state index contributed by atoms with van der Waals surface area (Å²) in [4.78, 5) is 40.6. The molecular formula is C26H21N3O5. The highest BCUT2D eigenvalue weighted by molar-refractivity contribution is 6.11. The van der Waals surface area contributed by atoms with Gasteiger partial charge in [0.05, 0.1) is 18.4 Å². The van der Waals surface area contributed by atoms with Crippen LogP contribution in [0.1, 0.15) is 26.4 Å². The molecule has 3 aromatic carbocycles. The van der Waals surface area contributed by atoms with Crippen LogP contribution in [0.2, 0.25) is 0 Å². The Kier molecular flexibility index (Phi) is 6.40. The van der Waals surface area contributed by atoms with Crippen LogP contribution in [0.15, 0.2) is 84.6 Å². The fourth-order valence-electron chi connectivity index (χ4n) is 3.40. The zero-order chi connectivity index (χ0) is 24.1. The first-order chi connectivity index (χ1) is 16.4. The Morgan fingerprint density at radius 2 is 1.65 bits per heavy atom. The zero-order valence-electron chi connectivity index (χ0n) is 18.2. The van der Waals surface area contributed by atoms with E-state index in [1.807, 2.05) is 30.3 Å². The SMILES string of the molecule is COc1ccc(C(=O)O)cc1NC(=O)/C(=C\c1cc2ccccc2[nH]1)NC(=O)c1ccccc1. The van der Waals surface area contributed by atoms with Crippen molar-refractivity contribution in [3.63, 3.8) is 0 Å². The molecule has 4 rings (SSSR count). The maximum Gasteiger partial charge on any atom is 0.335 e. The number of methoxy groups -OCH3 is 1. The van der Waals surface area contributed by atoms with E-state index >= 15 is 0 Å². The average molecular weight is 455 g/mol. The number of para-hydroxylation sites is 1. The van der Waals surface area contributed by atoms with Gasteiger partial charge in [0.1, 0.15) is 11.4 Å². The number of aromatic nitrogens is 1. The van der Waals surface area contributed by atoms with Gasteiger partial charge in [0.2, 0.25) is 0 Å². The number of carbonyl (C=O) groups is 3. The molecule has 1 heterocycles. The maximum absolute atomic E-state index is 13.2. The molecule has 34 heavy (non-hydrogen) atoms. The molecule has 4 aromatic rings. The van der Waals surface area contributed by atoms with Crippen LogP contribution in [0.4, 0.5) is 5.69 Å². The quantitative estimate of drug-likeness (QED) is 0.310. The first-order valence-corrected chi connectivity index (χ1v) is 10.3. The Bertz CT molecular complexity index is 1370. The number of H-pyrrole nitrogens is 1. The van der Waals surface area contributed by atoms with Crippen LogP contribution >= 0.6 is 0 Å². The van der Waals surface area contributed by atoms with E-state index in [0.717, 1.165) is 10.9 Å². The Hall–Kier alpha value is -4.85. The second-order valence-corrected chi connectivity index (χ2v) is 7.36. The number of rotatable bonds is 7. The van der Waals surface area contributed by atoms with E-state index in [0.29, 0.717) is 11.3 Å². The van der Waals surface area contributed by atoms with Crippen LogP contribution in [0.3, 0.4) is 0 Å². The summed E-state index contributed by atoms with van der Waals surface area (Å²) >= 11 is 0. The fourth-order valence-corrected chi connectivity index (χ4v) is 3.40. The third kappa shape index (κ3) is 4.97. The van der Waals surface area contributed by atoms with Crippen molar-refractivity contribution >= 4 is 40.4 Å². The third-order valence-corrected chi connectivity index (χ3v) is 5.07. The standard InChI is InChI=1S/C26H21N3O5/c1-34-23-12-11-18(26(32)33)14-21(23)28-25(31)22(29-24(30)16-7-3-2-4-8-16)15-19-13-17-9-5-6-10-20(17)27-19/h2-15,27H,1H3,(H,28,31)(H,29,30)(H,32,33)/b22-15+. The molecule has 0 aliphatic rings. The number of benzene rings is 3. The van der Waals surface area contributed by atoms with Crippen molar-refractivity contribution < 1.29 is 24.2 Å². The molecule has 0 fully saturated rings. The Labute approximate surface area is 194 Å². The Morgan fingerprint density at radius 1 is 0.912 bits per heavy atom. The molecule has 170 valence electrons. The second kappa shape index (κ2) is 9.74. The van der Waals surface area contributed by atoms with Crippen molar-refractivity contribution in [3.05, 3.63) is 101 Å². The number of anilines is 1. The Morgan fingerprint density at radius 3 is 2.35 bits per heavy atom. The van der Waals surface area contributed by atoms with Gasteiger partial charge >= 0.3 is 5.97 Å². The summed E-state index contributed by atoms with van der Waals surface area (Å²) in [5, 5.41) is 15.5. The van der Waals surface area contributed by atoms with E-state index in [-0.39, 0.29) is 22.7 Å². The molecule has 0 aliphatic heterocycles. The van der Waals surface area contributed by atoms with E-state index in [9.17, 15) is 19.5 Å². The van der Waals surface area contributed by atoms with Gasteiger partial charge in [0.15, 0.2) is 0 Å². The van der Waals surface area contributed by atoms with Crippen molar-refractivity contribution in [1.82, 2.24) is 10.3 Å². The van der Waals surface area contributed by atoms with Crippen LogP contribution < -0.4 is 15.4 Å². The number of hydrogen-bond donors (Lipinski definition) is 4. The normalized spacial score (nSPS) is 11.1. The predicted octanol–water partition coefficient (Wildman–Crippen LogP) is 4.28. The molecule has 8 heteroatoms. The number of ether oxygens (including phenoxy) is 1. The van der Waals surface area contributed by atoms with E-state index in [1.165, 1.54) is 31.4 Å². The highest BCUT2D eigenvalue weighted by Crippen LogP contribution is 2.26. The number of carbonyl (C=O) groups excluding carboxylic acids is 2. The summed E-state index contributed by atoms with van der Waals surface area (Å²) < 4.78 is 5.25. The fraction of sp³-hybridized carbons (Fsp3) is 0.0385. The van der Waals surface area contributed by atoms with E-state index in [4.69, 9.17) is 4.74 Å². The number of nitrogens with one attached hydrogen (secondary N) is 3. The third-order valence-electron chi connectivity index (χ3n) is 5.07. The minimum atomic E-state index is -1.15. The van der Waals surface area contributed by atoms with Crippen molar-refractivity contribution in [2.24, 2.45) is 0 Å². The van der Waals surface area contributed by atoms with Crippen molar-refractivity contribution in [1.29, 1.82) is 0 Å². The van der Waals surface area contributed by atoms with Crippen molar-refractivity contribution in [2.75, 3.05) is 12.4 Å². The van der Waals surface area contributed by atoms with Gasteiger partial charge in [-0.15, -0.1) is 0 Å². The summed E-state index contributed by atoms with van der Waals surface area (Å²) in [5.74, 6) is -1.99. The highest BCUT2D eigenvalue weighted by Gasteiger charge is 2.18. The van der Waals surface area contributed by atoms with Crippen LogP contribution in [0.5, 0.6) is 5.75 Å². The average Bonchev–Trinajstić information content (AvgIpc) is 3.26. The summed E-state index contributed by atoms with van der Waals surface area (Å²) in [6.07, 6.45) is 1.52. The molecule has 0 bridgehead atoms. The topological polar surface area (TPSA) is 121 Å². The van der Waals surface area contributed by atoms with Gasteiger partial charge in [-0.2, -0.15) is 0 Å². The lowest BCUT2D eigenvalue weighted by Crippen LogP contribution is -2.30. The second-order valence-electron chi connectivity index (χ2n) is 7.36.